The summed E-state index contributed by atoms with van der Waals surface area (Å²) in [6, 6.07) is 4.07. The summed E-state index contributed by atoms with van der Waals surface area (Å²) in [6.45, 7) is 4.83. The first-order valence-electron chi connectivity index (χ1n) is 9.38. The Labute approximate surface area is 144 Å². The Morgan fingerprint density at radius 3 is 2.83 bits per heavy atom. The minimum atomic E-state index is 0.196. The maximum atomic E-state index is 12.4. The zero-order valence-electron chi connectivity index (χ0n) is 14.9. The average Bonchev–Trinajstić information content (AvgIpc) is 3.03. The monoisotopic (exact) mass is 327 g/mol. The van der Waals surface area contributed by atoms with Crippen molar-refractivity contribution in [2.24, 2.45) is 11.8 Å². The van der Waals surface area contributed by atoms with Crippen molar-refractivity contribution in [2.45, 2.75) is 65.3 Å². The third kappa shape index (κ3) is 3.97. The molecule has 1 amide bonds. The van der Waals surface area contributed by atoms with E-state index in [2.05, 4.69) is 30.2 Å². The molecule has 4 heteroatoms. The van der Waals surface area contributed by atoms with Gasteiger partial charge >= 0.3 is 0 Å². The number of carbonyl (C=O) groups excluding carboxylic acids is 1. The molecule has 24 heavy (non-hydrogen) atoms. The molecular formula is C20H29N3O. The van der Waals surface area contributed by atoms with Crippen LogP contribution in [0.3, 0.4) is 0 Å². The number of rotatable bonds is 6. The molecule has 1 aliphatic rings. The Balaban J connectivity index is 1.49. The van der Waals surface area contributed by atoms with Crippen LogP contribution in [0, 0.1) is 18.8 Å². The van der Waals surface area contributed by atoms with Gasteiger partial charge in [0.1, 0.15) is 5.65 Å². The molecule has 0 saturated heterocycles. The quantitative estimate of drug-likeness (QED) is 0.862. The molecule has 2 aromatic rings. The summed E-state index contributed by atoms with van der Waals surface area (Å²) in [6.07, 6.45) is 12.5. The summed E-state index contributed by atoms with van der Waals surface area (Å²) in [4.78, 5) is 17.1. The van der Waals surface area contributed by atoms with Crippen LogP contribution in [-0.2, 0) is 11.3 Å². The lowest BCUT2D eigenvalue weighted by molar-refractivity contribution is -0.126. The molecule has 130 valence electrons. The molecule has 0 aliphatic heterocycles. The molecule has 1 fully saturated rings. The largest absolute Gasteiger partial charge is 0.350 e. The molecule has 2 heterocycles. The van der Waals surface area contributed by atoms with Gasteiger partial charge in [0.25, 0.3) is 0 Å². The Morgan fingerprint density at radius 1 is 1.33 bits per heavy atom. The van der Waals surface area contributed by atoms with Gasteiger partial charge in [-0.1, -0.05) is 32.3 Å². The van der Waals surface area contributed by atoms with Gasteiger partial charge in [0.15, 0.2) is 0 Å². The number of nitrogens with one attached hydrogen (secondary N) is 1. The van der Waals surface area contributed by atoms with Gasteiger partial charge < -0.3 is 9.72 Å². The number of imidazole rings is 1. The van der Waals surface area contributed by atoms with E-state index in [4.69, 9.17) is 0 Å². The second-order valence-corrected chi connectivity index (χ2v) is 7.23. The van der Waals surface area contributed by atoms with Crippen LogP contribution in [-0.4, -0.2) is 15.3 Å². The maximum Gasteiger partial charge on any atom is 0.223 e. The molecule has 0 spiro atoms. The number of aryl methyl sites for hydroxylation is 1. The van der Waals surface area contributed by atoms with Gasteiger partial charge in [-0.2, -0.15) is 0 Å². The lowest BCUT2D eigenvalue weighted by atomic mass is 9.79. The zero-order valence-corrected chi connectivity index (χ0v) is 14.9. The van der Waals surface area contributed by atoms with Gasteiger partial charge in [-0.3, -0.25) is 4.79 Å². The van der Waals surface area contributed by atoms with E-state index in [1.807, 2.05) is 22.9 Å². The van der Waals surface area contributed by atoms with E-state index in [1.165, 1.54) is 32.1 Å². The minimum Gasteiger partial charge on any atom is -0.350 e. The Kier molecular flexibility index (Phi) is 5.54. The van der Waals surface area contributed by atoms with Crippen LogP contribution in [0.25, 0.3) is 5.65 Å². The number of amides is 1. The van der Waals surface area contributed by atoms with E-state index in [9.17, 15) is 4.79 Å². The van der Waals surface area contributed by atoms with Crippen molar-refractivity contribution in [3.63, 3.8) is 0 Å². The van der Waals surface area contributed by atoms with E-state index in [0.717, 1.165) is 35.7 Å². The van der Waals surface area contributed by atoms with E-state index in [0.29, 0.717) is 6.54 Å². The smallest absolute Gasteiger partial charge is 0.223 e. The number of carbonyl (C=O) groups is 1. The van der Waals surface area contributed by atoms with E-state index >= 15 is 0 Å². The first-order chi connectivity index (χ1) is 11.7. The Bertz CT molecular complexity index is 683. The predicted octanol–water partition coefficient (Wildman–Crippen LogP) is 4.26. The second kappa shape index (κ2) is 7.82. The van der Waals surface area contributed by atoms with Gasteiger partial charge in [0, 0.05) is 18.3 Å². The Hall–Kier alpha value is -1.84. The third-order valence-electron chi connectivity index (χ3n) is 5.35. The highest BCUT2D eigenvalue weighted by molar-refractivity contribution is 5.78. The van der Waals surface area contributed by atoms with Crippen LogP contribution in [0.15, 0.2) is 24.5 Å². The van der Waals surface area contributed by atoms with Crippen molar-refractivity contribution >= 4 is 11.6 Å². The lowest BCUT2D eigenvalue weighted by Crippen LogP contribution is -2.32. The molecule has 0 radical (unpaired) electrons. The van der Waals surface area contributed by atoms with E-state index in [-0.39, 0.29) is 11.8 Å². The minimum absolute atomic E-state index is 0.196. The van der Waals surface area contributed by atoms with Gasteiger partial charge in [-0.15, -0.1) is 0 Å². The summed E-state index contributed by atoms with van der Waals surface area (Å²) in [7, 11) is 0. The first-order valence-corrected chi connectivity index (χ1v) is 9.38. The van der Waals surface area contributed by atoms with Crippen molar-refractivity contribution in [3.8, 4) is 0 Å². The highest BCUT2D eigenvalue weighted by atomic mass is 16.1. The molecule has 0 atom stereocenters. The van der Waals surface area contributed by atoms with Crippen molar-refractivity contribution in [2.75, 3.05) is 0 Å². The summed E-state index contributed by atoms with van der Waals surface area (Å²) in [5, 5.41) is 3.09. The normalized spacial score (nSPS) is 21.1. The van der Waals surface area contributed by atoms with E-state index < -0.39 is 0 Å². The molecule has 1 N–H and O–H groups in total. The third-order valence-corrected chi connectivity index (χ3v) is 5.35. The highest BCUT2D eigenvalue weighted by Crippen LogP contribution is 2.32. The second-order valence-electron chi connectivity index (χ2n) is 7.23. The molecule has 1 saturated carbocycles. The molecule has 1 aliphatic carbocycles. The number of unbranched alkanes of at least 4 members (excludes halogenated alkanes) is 1. The summed E-state index contributed by atoms with van der Waals surface area (Å²) >= 11 is 0. The summed E-state index contributed by atoms with van der Waals surface area (Å²) in [5.41, 5.74) is 3.05. The predicted molar refractivity (Wildman–Crippen MR) is 96.7 cm³/mol. The van der Waals surface area contributed by atoms with Crippen LogP contribution >= 0.6 is 0 Å². The number of fused-ring (bicyclic) bond motifs is 1. The van der Waals surface area contributed by atoms with Crippen molar-refractivity contribution < 1.29 is 4.79 Å². The SMILES string of the molecule is CCCCC1CCC(C(=O)NCc2cn3cccc(C)c3n2)CC1. The molecule has 4 nitrogen and oxygen atoms in total. The van der Waals surface area contributed by atoms with E-state index in [1.54, 1.807) is 0 Å². The van der Waals surface area contributed by atoms with Crippen LogP contribution in [0.2, 0.25) is 0 Å². The van der Waals surface area contributed by atoms with Gasteiger partial charge in [-0.25, -0.2) is 4.98 Å². The van der Waals surface area contributed by atoms with Crippen LogP contribution < -0.4 is 5.32 Å². The number of hydrogen-bond donors (Lipinski definition) is 1. The van der Waals surface area contributed by atoms with Crippen molar-refractivity contribution in [3.05, 3.63) is 35.8 Å². The fourth-order valence-corrected chi connectivity index (χ4v) is 3.82. The maximum absolute atomic E-state index is 12.4. The molecule has 0 bridgehead atoms. The van der Waals surface area contributed by atoms with Crippen LogP contribution in [0.4, 0.5) is 0 Å². The van der Waals surface area contributed by atoms with Gasteiger partial charge in [0.2, 0.25) is 5.91 Å². The average molecular weight is 327 g/mol. The molecule has 0 unspecified atom stereocenters. The molecule has 0 aromatic carbocycles. The Morgan fingerprint density at radius 2 is 2.12 bits per heavy atom. The number of hydrogen-bond acceptors (Lipinski definition) is 2. The number of nitrogens with zero attached hydrogens (tertiary/aromatic N) is 2. The van der Waals surface area contributed by atoms with Gasteiger partial charge in [-0.05, 0) is 50.2 Å². The summed E-state index contributed by atoms with van der Waals surface area (Å²) < 4.78 is 2.02. The topological polar surface area (TPSA) is 46.4 Å². The molecular weight excluding hydrogens is 298 g/mol. The summed E-state index contributed by atoms with van der Waals surface area (Å²) in [5.74, 6) is 1.25. The molecule has 3 rings (SSSR count). The van der Waals surface area contributed by atoms with Crippen molar-refractivity contribution in [1.82, 2.24) is 14.7 Å². The van der Waals surface area contributed by atoms with Gasteiger partial charge in [0.05, 0.1) is 12.2 Å². The lowest BCUT2D eigenvalue weighted by Gasteiger charge is -2.27. The number of aromatic nitrogens is 2. The van der Waals surface area contributed by atoms with Crippen LogP contribution in [0.5, 0.6) is 0 Å². The fraction of sp³-hybridized carbons (Fsp3) is 0.600. The van der Waals surface area contributed by atoms with Crippen molar-refractivity contribution in [1.29, 1.82) is 0 Å². The molecule has 2 aromatic heterocycles. The fourth-order valence-electron chi connectivity index (χ4n) is 3.82. The standard InChI is InChI=1S/C20H29N3O/c1-3-4-7-16-8-10-17(11-9-16)20(24)21-13-18-14-23-12-5-6-15(2)19(23)22-18/h5-6,12,14,16-17H,3-4,7-11,13H2,1-2H3,(H,21,24). The first kappa shape index (κ1) is 17.0. The zero-order chi connectivity index (χ0) is 16.9. The number of pyridine rings is 1. The highest BCUT2D eigenvalue weighted by Gasteiger charge is 2.25. The van der Waals surface area contributed by atoms with Crippen LogP contribution in [0.1, 0.15) is 63.1 Å².